The standard InChI is InChI=1S/C22H23ClN6O2/c1-28-20-18(7-6-17(19(20)23)14(12-24)13-25)27-21(22(28)30)26-15-2-4-16(5-3-15)29-8-10-31-11-9-29/h2-7,12-13,24H,8-11,25H2,1H3,(H,26,27)/b14-13+,24-12?. The van der Waals surface area contributed by atoms with Gasteiger partial charge in [-0.15, -0.1) is 0 Å². The first-order valence-corrected chi connectivity index (χ1v) is 10.2. The van der Waals surface area contributed by atoms with Gasteiger partial charge >= 0.3 is 0 Å². The third kappa shape index (κ3) is 3.99. The predicted molar refractivity (Wildman–Crippen MR) is 126 cm³/mol. The minimum atomic E-state index is -0.308. The van der Waals surface area contributed by atoms with Crippen LogP contribution in [0.1, 0.15) is 5.56 Å². The van der Waals surface area contributed by atoms with E-state index in [1.807, 2.05) is 24.3 Å². The molecule has 9 heteroatoms. The maximum absolute atomic E-state index is 12.9. The number of rotatable bonds is 5. The van der Waals surface area contributed by atoms with E-state index in [-0.39, 0.29) is 11.4 Å². The second-order valence-electron chi connectivity index (χ2n) is 7.16. The molecule has 1 aliphatic rings. The van der Waals surface area contributed by atoms with Crippen molar-refractivity contribution in [3.63, 3.8) is 0 Å². The molecule has 0 saturated carbocycles. The van der Waals surface area contributed by atoms with Crippen molar-refractivity contribution in [2.45, 2.75) is 0 Å². The Morgan fingerprint density at radius 2 is 1.94 bits per heavy atom. The molecule has 160 valence electrons. The molecule has 0 amide bonds. The third-order valence-corrected chi connectivity index (χ3v) is 5.70. The highest BCUT2D eigenvalue weighted by molar-refractivity contribution is 6.38. The number of aromatic nitrogens is 2. The van der Waals surface area contributed by atoms with Crippen LogP contribution in [-0.4, -0.2) is 42.1 Å². The zero-order chi connectivity index (χ0) is 22.0. The van der Waals surface area contributed by atoms with Crippen LogP contribution < -0.4 is 21.5 Å². The summed E-state index contributed by atoms with van der Waals surface area (Å²) >= 11 is 6.54. The average Bonchev–Trinajstić information content (AvgIpc) is 2.80. The SMILES string of the molecule is Cn1c(=O)c(Nc2ccc(N3CCOCC3)cc2)nc2ccc(/C(C=N)=C/N)c(Cl)c21. The molecule has 0 unspecified atom stereocenters. The highest BCUT2D eigenvalue weighted by Gasteiger charge is 2.16. The van der Waals surface area contributed by atoms with Crippen LogP contribution in [0, 0.1) is 5.41 Å². The van der Waals surface area contributed by atoms with E-state index in [0.29, 0.717) is 27.2 Å². The predicted octanol–water partition coefficient (Wildman–Crippen LogP) is 3.12. The minimum absolute atomic E-state index is 0.208. The fraction of sp³-hybridized carbons (Fsp3) is 0.227. The molecule has 31 heavy (non-hydrogen) atoms. The number of hydrogen-bond donors (Lipinski definition) is 3. The van der Waals surface area contributed by atoms with E-state index in [1.165, 1.54) is 10.8 Å². The van der Waals surface area contributed by atoms with Crippen molar-refractivity contribution in [1.82, 2.24) is 9.55 Å². The van der Waals surface area contributed by atoms with Gasteiger partial charge in [-0.25, -0.2) is 4.98 Å². The molecule has 1 aliphatic heterocycles. The van der Waals surface area contributed by atoms with Crippen LogP contribution in [-0.2, 0) is 11.8 Å². The summed E-state index contributed by atoms with van der Waals surface area (Å²) < 4.78 is 6.85. The molecule has 0 bridgehead atoms. The van der Waals surface area contributed by atoms with Gasteiger partial charge in [0.25, 0.3) is 5.56 Å². The lowest BCUT2D eigenvalue weighted by molar-refractivity contribution is 0.122. The Labute approximate surface area is 184 Å². The Kier molecular flexibility index (Phi) is 5.92. The first kappa shape index (κ1) is 20.9. The number of nitrogens with zero attached hydrogens (tertiary/aromatic N) is 3. The van der Waals surface area contributed by atoms with Crippen LogP contribution in [0.25, 0.3) is 16.6 Å². The van der Waals surface area contributed by atoms with Gasteiger partial charge in [-0.05, 0) is 30.3 Å². The van der Waals surface area contributed by atoms with E-state index in [9.17, 15) is 4.79 Å². The molecule has 2 aromatic carbocycles. The van der Waals surface area contributed by atoms with Crippen LogP contribution in [0.4, 0.5) is 17.2 Å². The van der Waals surface area contributed by atoms with E-state index < -0.39 is 0 Å². The van der Waals surface area contributed by atoms with Crippen molar-refractivity contribution in [1.29, 1.82) is 5.41 Å². The summed E-state index contributed by atoms with van der Waals surface area (Å²) in [5.41, 5.74) is 9.24. The maximum Gasteiger partial charge on any atom is 0.293 e. The van der Waals surface area contributed by atoms with Crippen LogP contribution in [0.15, 0.2) is 47.4 Å². The largest absolute Gasteiger partial charge is 0.404 e. The molecule has 1 saturated heterocycles. The summed E-state index contributed by atoms with van der Waals surface area (Å²) in [4.78, 5) is 19.7. The second-order valence-corrected chi connectivity index (χ2v) is 7.54. The van der Waals surface area contributed by atoms with Gasteiger partial charge in [0, 0.05) is 55.1 Å². The summed E-state index contributed by atoms with van der Waals surface area (Å²) in [7, 11) is 1.64. The van der Waals surface area contributed by atoms with E-state index in [1.54, 1.807) is 19.2 Å². The summed E-state index contributed by atoms with van der Waals surface area (Å²) in [6.07, 6.45) is 2.43. The zero-order valence-corrected chi connectivity index (χ0v) is 17.8. The van der Waals surface area contributed by atoms with E-state index >= 15 is 0 Å². The lowest BCUT2D eigenvalue weighted by Gasteiger charge is -2.28. The number of fused-ring (bicyclic) bond motifs is 1. The molecule has 8 nitrogen and oxygen atoms in total. The molecule has 0 atom stereocenters. The molecule has 4 N–H and O–H groups in total. The Bertz CT molecular complexity index is 1210. The van der Waals surface area contributed by atoms with Crippen LogP contribution in [0.5, 0.6) is 0 Å². The molecule has 1 aromatic heterocycles. The number of anilines is 3. The van der Waals surface area contributed by atoms with Gasteiger partial charge in [0.05, 0.1) is 29.3 Å². The van der Waals surface area contributed by atoms with Gasteiger partial charge in [0.1, 0.15) is 0 Å². The molecule has 0 spiro atoms. The number of aryl methyl sites for hydroxylation is 1. The molecule has 0 radical (unpaired) electrons. The number of halogens is 1. The first-order chi connectivity index (χ1) is 15.0. The molecule has 3 aromatic rings. The minimum Gasteiger partial charge on any atom is -0.404 e. The number of ether oxygens (including phenoxy) is 1. The Morgan fingerprint density at radius 3 is 2.58 bits per heavy atom. The number of morpholine rings is 1. The molecule has 1 fully saturated rings. The molecule has 2 heterocycles. The maximum atomic E-state index is 12.9. The number of nitrogens with one attached hydrogen (secondary N) is 2. The number of nitrogens with two attached hydrogens (primary N) is 1. The van der Waals surface area contributed by atoms with Gasteiger partial charge in [-0.3, -0.25) is 4.79 Å². The Hall–Kier alpha value is -3.36. The summed E-state index contributed by atoms with van der Waals surface area (Å²) in [6.45, 7) is 3.18. The third-order valence-electron chi connectivity index (χ3n) is 5.32. The Balaban J connectivity index is 1.67. The quantitative estimate of drug-likeness (QED) is 0.528. The highest BCUT2D eigenvalue weighted by Crippen LogP contribution is 2.30. The summed E-state index contributed by atoms with van der Waals surface area (Å²) in [5, 5.41) is 10.9. The van der Waals surface area contributed by atoms with Crippen molar-refractivity contribution in [2.75, 3.05) is 36.5 Å². The van der Waals surface area contributed by atoms with E-state index in [2.05, 4.69) is 15.2 Å². The van der Waals surface area contributed by atoms with Crippen molar-refractivity contribution in [3.05, 3.63) is 63.5 Å². The van der Waals surface area contributed by atoms with E-state index in [0.717, 1.165) is 43.9 Å². The zero-order valence-electron chi connectivity index (χ0n) is 17.1. The van der Waals surface area contributed by atoms with Gasteiger partial charge < -0.3 is 30.7 Å². The molecular formula is C22H23ClN6O2. The van der Waals surface area contributed by atoms with E-state index in [4.69, 9.17) is 27.5 Å². The van der Waals surface area contributed by atoms with Crippen molar-refractivity contribution in [3.8, 4) is 0 Å². The fourth-order valence-corrected chi connectivity index (χ4v) is 4.02. The smallest absolute Gasteiger partial charge is 0.293 e. The molecule has 4 rings (SSSR count). The fourth-order valence-electron chi connectivity index (χ4n) is 3.63. The number of benzene rings is 2. The Morgan fingerprint density at radius 1 is 1.23 bits per heavy atom. The normalized spacial score (nSPS) is 14.6. The van der Waals surface area contributed by atoms with Gasteiger partial charge in [0.15, 0.2) is 5.82 Å². The van der Waals surface area contributed by atoms with Crippen molar-refractivity contribution in [2.24, 2.45) is 12.8 Å². The van der Waals surface area contributed by atoms with Gasteiger partial charge in [-0.2, -0.15) is 0 Å². The number of allylic oxidation sites excluding steroid dienone is 1. The van der Waals surface area contributed by atoms with Crippen LogP contribution in [0.2, 0.25) is 5.02 Å². The number of hydrogen-bond acceptors (Lipinski definition) is 7. The lowest BCUT2D eigenvalue weighted by Crippen LogP contribution is -2.36. The van der Waals surface area contributed by atoms with Crippen LogP contribution >= 0.6 is 11.6 Å². The van der Waals surface area contributed by atoms with Gasteiger partial charge in [0.2, 0.25) is 0 Å². The first-order valence-electron chi connectivity index (χ1n) is 9.85. The summed E-state index contributed by atoms with van der Waals surface area (Å²) in [6, 6.07) is 11.4. The molecular weight excluding hydrogens is 416 g/mol. The van der Waals surface area contributed by atoms with Crippen molar-refractivity contribution >= 4 is 51.6 Å². The van der Waals surface area contributed by atoms with Crippen LogP contribution in [0.3, 0.4) is 0 Å². The van der Waals surface area contributed by atoms with Gasteiger partial charge in [-0.1, -0.05) is 17.7 Å². The summed E-state index contributed by atoms with van der Waals surface area (Å²) in [5.74, 6) is 0.208. The highest BCUT2D eigenvalue weighted by atomic mass is 35.5. The molecule has 0 aliphatic carbocycles. The topological polar surface area (TPSA) is 109 Å². The second kappa shape index (κ2) is 8.79. The lowest BCUT2D eigenvalue weighted by atomic mass is 10.1. The monoisotopic (exact) mass is 438 g/mol. The average molecular weight is 439 g/mol. The van der Waals surface area contributed by atoms with Crippen molar-refractivity contribution < 1.29 is 4.74 Å².